The number of fused-ring (bicyclic) bond motifs is 3. The first-order valence-corrected chi connectivity index (χ1v) is 7.01. The second-order valence-corrected chi connectivity index (χ2v) is 5.39. The van der Waals surface area contributed by atoms with Gasteiger partial charge in [-0.25, -0.2) is 14.8 Å². The van der Waals surface area contributed by atoms with Gasteiger partial charge in [0, 0.05) is 37.1 Å². The highest BCUT2D eigenvalue weighted by atomic mass is 16.4. The van der Waals surface area contributed by atoms with E-state index in [4.69, 9.17) is 5.11 Å². The zero-order chi connectivity index (χ0) is 14.4. The number of H-pyrrole nitrogens is 1. The van der Waals surface area contributed by atoms with Crippen LogP contribution in [0.1, 0.15) is 24.5 Å². The van der Waals surface area contributed by atoms with E-state index in [1.165, 1.54) is 4.90 Å². The molecule has 0 unspecified atom stereocenters. The Labute approximate surface area is 120 Å². The second-order valence-electron chi connectivity index (χ2n) is 5.39. The molecule has 3 aromatic rings. The molecule has 2 N–H and O–H groups in total. The van der Waals surface area contributed by atoms with Crippen LogP contribution in [0, 0.1) is 0 Å². The minimum Gasteiger partial charge on any atom is -0.465 e. The highest BCUT2D eigenvalue weighted by molar-refractivity contribution is 5.74. The third-order valence-corrected chi connectivity index (χ3v) is 4.25. The first-order chi connectivity index (χ1) is 10.2. The number of carbonyl (C=O) groups is 1. The topological polar surface area (TPSA) is 86.5 Å². The monoisotopic (exact) mass is 285 g/mol. The summed E-state index contributed by atoms with van der Waals surface area (Å²) in [7, 11) is 0. The highest BCUT2D eigenvalue weighted by Crippen LogP contribution is 2.30. The van der Waals surface area contributed by atoms with Gasteiger partial charge in [0.15, 0.2) is 11.3 Å². The van der Waals surface area contributed by atoms with Crippen LogP contribution in [0.25, 0.3) is 16.8 Å². The van der Waals surface area contributed by atoms with Crippen LogP contribution in [0.2, 0.25) is 0 Å². The molecule has 1 aliphatic heterocycles. The molecule has 7 nitrogen and oxygen atoms in total. The molecular formula is C14H15N5O2. The van der Waals surface area contributed by atoms with Gasteiger partial charge in [0.05, 0.1) is 11.7 Å². The van der Waals surface area contributed by atoms with Gasteiger partial charge in [-0.1, -0.05) is 0 Å². The van der Waals surface area contributed by atoms with E-state index in [0.717, 1.165) is 35.3 Å². The second kappa shape index (κ2) is 4.47. The SMILES string of the molecule is O=C(O)N1CCC(c2cnc3cnc4[nH]ccc4n23)CC1. The number of nitrogens with one attached hydrogen (secondary N) is 1. The molecule has 0 saturated carbocycles. The van der Waals surface area contributed by atoms with Gasteiger partial charge in [-0.3, -0.25) is 4.40 Å². The molecule has 1 aliphatic rings. The van der Waals surface area contributed by atoms with E-state index in [1.54, 1.807) is 6.20 Å². The third-order valence-electron chi connectivity index (χ3n) is 4.25. The van der Waals surface area contributed by atoms with Gasteiger partial charge in [0.2, 0.25) is 0 Å². The van der Waals surface area contributed by atoms with Crippen molar-refractivity contribution in [3.05, 3.63) is 30.4 Å². The molecule has 108 valence electrons. The van der Waals surface area contributed by atoms with Crippen LogP contribution in [0.15, 0.2) is 24.7 Å². The van der Waals surface area contributed by atoms with Gasteiger partial charge in [-0.05, 0) is 18.9 Å². The van der Waals surface area contributed by atoms with Gasteiger partial charge in [-0.2, -0.15) is 0 Å². The lowest BCUT2D eigenvalue weighted by Gasteiger charge is -2.29. The van der Waals surface area contributed by atoms with Gasteiger partial charge in [-0.15, -0.1) is 0 Å². The summed E-state index contributed by atoms with van der Waals surface area (Å²) in [4.78, 5) is 24.4. The Morgan fingerprint density at radius 2 is 2.10 bits per heavy atom. The van der Waals surface area contributed by atoms with Crippen molar-refractivity contribution in [2.24, 2.45) is 0 Å². The standard InChI is InChI=1S/C14H15N5O2/c20-14(21)18-5-2-9(3-6-18)11-7-16-12-8-17-13-10(19(11)12)1-4-15-13/h1,4,7-9,15H,2-3,5-6H2,(H,20,21). The smallest absolute Gasteiger partial charge is 0.407 e. The molecule has 1 fully saturated rings. The van der Waals surface area contributed by atoms with E-state index >= 15 is 0 Å². The maximum absolute atomic E-state index is 11.0. The van der Waals surface area contributed by atoms with Gasteiger partial charge >= 0.3 is 6.09 Å². The molecular weight excluding hydrogens is 270 g/mol. The summed E-state index contributed by atoms with van der Waals surface area (Å²) in [6.07, 6.45) is 6.35. The van der Waals surface area contributed by atoms with Crippen LogP contribution in [-0.2, 0) is 0 Å². The Bertz CT molecular complexity index is 813. The summed E-state index contributed by atoms with van der Waals surface area (Å²) in [5, 5.41) is 9.04. The number of hydrogen-bond acceptors (Lipinski definition) is 3. The highest BCUT2D eigenvalue weighted by Gasteiger charge is 2.26. The van der Waals surface area contributed by atoms with Crippen molar-refractivity contribution in [1.29, 1.82) is 0 Å². The molecule has 0 atom stereocenters. The number of amides is 1. The van der Waals surface area contributed by atoms with E-state index < -0.39 is 6.09 Å². The molecule has 3 aromatic heterocycles. The van der Waals surface area contributed by atoms with Gasteiger partial charge in [0.25, 0.3) is 0 Å². The summed E-state index contributed by atoms with van der Waals surface area (Å²) in [6, 6.07) is 1.99. The molecule has 21 heavy (non-hydrogen) atoms. The molecule has 7 heteroatoms. The Kier molecular flexibility index (Phi) is 2.60. The Hall–Kier alpha value is -2.57. The van der Waals surface area contributed by atoms with Crippen LogP contribution in [0.3, 0.4) is 0 Å². The van der Waals surface area contributed by atoms with Crippen LogP contribution in [0.5, 0.6) is 0 Å². The Morgan fingerprint density at radius 1 is 1.29 bits per heavy atom. The quantitative estimate of drug-likeness (QED) is 0.716. The van der Waals surface area contributed by atoms with Crippen molar-refractivity contribution in [2.45, 2.75) is 18.8 Å². The van der Waals surface area contributed by atoms with Crippen LogP contribution < -0.4 is 0 Å². The minimum atomic E-state index is -0.830. The number of hydrogen-bond donors (Lipinski definition) is 2. The van der Waals surface area contributed by atoms with Gasteiger partial charge in [0.1, 0.15) is 0 Å². The fourth-order valence-electron chi connectivity index (χ4n) is 3.15. The number of nitrogens with zero attached hydrogens (tertiary/aromatic N) is 4. The van der Waals surface area contributed by atoms with E-state index in [2.05, 4.69) is 19.4 Å². The number of aromatic nitrogens is 4. The molecule has 0 spiro atoms. The van der Waals surface area contributed by atoms with E-state index in [-0.39, 0.29) is 0 Å². The summed E-state index contributed by atoms with van der Waals surface area (Å²) < 4.78 is 2.12. The lowest BCUT2D eigenvalue weighted by Crippen LogP contribution is -2.37. The average Bonchev–Trinajstić information content (AvgIpc) is 3.13. The number of imidazole rings is 1. The first kappa shape index (κ1) is 12.2. The number of piperidine rings is 1. The van der Waals surface area contributed by atoms with Crippen molar-refractivity contribution in [3.63, 3.8) is 0 Å². The maximum atomic E-state index is 11.0. The van der Waals surface area contributed by atoms with Crippen molar-refractivity contribution >= 4 is 22.9 Å². The zero-order valence-electron chi connectivity index (χ0n) is 11.4. The van der Waals surface area contributed by atoms with Gasteiger partial charge < -0.3 is 15.0 Å². The lowest BCUT2D eigenvalue weighted by molar-refractivity contribution is 0.131. The zero-order valence-corrected chi connectivity index (χ0v) is 11.4. The fourth-order valence-corrected chi connectivity index (χ4v) is 3.15. The molecule has 1 amide bonds. The molecule has 0 aliphatic carbocycles. The van der Waals surface area contributed by atoms with E-state index in [0.29, 0.717) is 19.0 Å². The van der Waals surface area contributed by atoms with Crippen LogP contribution >= 0.6 is 0 Å². The summed E-state index contributed by atoms with van der Waals surface area (Å²) >= 11 is 0. The third kappa shape index (κ3) is 1.84. The molecule has 4 heterocycles. The predicted molar refractivity (Wildman–Crippen MR) is 76.4 cm³/mol. The molecule has 0 aromatic carbocycles. The predicted octanol–water partition coefficient (Wildman–Crippen LogP) is 2.07. The molecule has 4 rings (SSSR count). The van der Waals surface area contributed by atoms with E-state index in [9.17, 15) is 4.79 Å². The van der Waals surface area contributed by atoms with Crippen molar-refractivity contribution < 1.29 is 9.90 Å². The fraction of sp³-hybridized carbons (Fsp3) is 0.357. The van der Waals surface area contributed by atoms with Crippen molar-refractivity contribution in [2.75, 3.05) is 13.1 Å². The normalized spacial score (nSPS) is 16.9. The summed E-state index contributed by atoms with van der Waals surface area (Å²) in [6.45, 7) is 1.16. The molecule has 0 radical (unpaired) electrons. The summed E-state index contributed by atoms with van der Waals surface area (Å²) in [5.74, 6) is 0.330. The number of likely N-dealkylation sites (tertiary alicyclic amines) is 1. The minimum absolute atomic E-state index is 0.330. The number of aromatic amines is 1. The summed E-state index contributed by atoms with van der Waals surface area (Å²) in [5.41, 5.74) is 3.82. The Morgan fingerprint density at radius 3 is 2.86 bits per heavy atom. The largest absolute Gasteiger partial charge is 0.465 e. The Balaban J connectivity index is 1.74. The number of carboxylic acid groups (broad SMARTS) is 1. The van der Waals surface area contributed by atoms with Crippen LogP contribution in [-0.4, -0.2) is 48.5 Å². The molecule has 0 bridgehead atoms. The maximum Gasteiger partial charge on any atom is 0.407 e. The van der Waals surface area contributed by atoms with E-state index in [1.807, 2.05) is 18.5 Å². The average molecular weight is 285 g/mol. The molecule has 1 saturated heterocycles. The lowest BCUT2D eigenvalue weighted by atomic mass is 9.94. The first-order valence-electron chi connectivity index (χ1n) is 7.01. The number of rotatable bonds is 1. The van der Waals surface area contributed by atoms with Crippen LogP contribution in [0.4, 0.5) is 4.79 Å². The van der Waals surface area contributed by atoms with Crippen molar-refractivity contribution in [1.82, 2.24) is 24.3 Å². The van der Waals surface area contributed by atoms with Crippen molar-refractivity contribution in [3.8, 4) is 0 Å².